The number of ether oxygens (including phenoxy) is 1. The topological polar surface area (TPSA) is 134 Å². The van der Waals surface area contributed by atoms with Crippen molar-refractivity contribution >= 4 is 23.3 Å². The normalized spacial score (nSPS) is 10.6. The molecular weight excluding hydrogens is 332 g/mol. The Morgan fingerprint density at radius 2 is 2.08 bits per heavy atom. The fourth-order valence-corrected chi connectivity index (χ4v) is 2.46. The number of anilines is 1. The van der Waals surface area contributed by atoms with Gasteiger partial charge in [0, 0.05) is 13.5 Å². The van der Waals surface area contributed by atoms with Crippen molar-refractivity contribution in [3.63, 3.8) is 0 Å². The summed E-state index contributed by atoms with van der Waals surface area (Å²) >= 11 is 0. The fourth-order valence-electron chi connectivity index (χ4n) is 2.46. The summed E-state index contributed by atoms with van der Waals surface area (Å²) in [6, 6.07) is 0. The summed E-state index contributed by atoms with van der Waals surface area (Å²) in [5.74, 6) is -1.00. The number of carbonyl (C=O) groups is 2. The van der Waals surface area contributed by atoms with Gasteiger partial charge in [-0.1, -0.05) is 0 Å². The molecule has 134 valence electrons. The van der Waals surface area contributed by atoms with E-state index in [1.54, 1.807) is 20.9 Å². The molecule has 0 bridgehead atoms. The Bertz CT molecular complexity index is 837. The molecule has 11 heteroatoms. The molecular formula is C14H18N6O5. The Hall–Kier alpha value is -3.24. The second-order valence-electron chi connectivity index (χ2n) is 5.32. The van der Waals surface area contributed by atoms with Gasteiger partial charge >= 0.3 is 11.7 Å². The Balaban J connectivity index is 2.07. The standard InChI is InChI=1S/C14H18N6O5/c1-8-12(20(23)24)9(2)19(17-8)6-5-11(21)16-10-7-15-18(3)13(10)14(22)25-4/h7H,5-6H2,1-4H3,(H,16,21). The smallest absolute Gasteiger partial charge is 0.358 e. The molecule has 25 heavy (non-hydrogen) atoms. The second kappa shape index (κ2) is 7.11. The highest BCUT2D eigenvalue weighted by Gasteiger charge is 2.22. The van der Waals surface area contributed by atoms with E-state index in [1.165, 1.54) is 22.7 Å². The summed E-state index contributed by atoms with van der Waals surface area (Å²) < 4.78 is 7.36. The summed E-state index contributed by atoms with van der Waals surface area (Å²) in [6.45, 7) is 3.28. The zero-order valence-electron chi connectivity index (χ0n) is 14.3. The van der Waals surface area contributed by atoms with Gasteiger partial charge in [0.15, 0.2) is 5.69 Å². The van der Waals surface area contributed by atoms with Crippen LogP contribution in [0.15, 0.2) is 6.20 Å². The third-order valence-electron chi connectivity index (χ3n) is 3.67. The highest BCUT2D eigenvalue weighted by atomic mass is 16.6. The number of nitro groups is 1. The minimum Gasteiger partial charge on any atom is -0.464 e. The maximum absolute atomic E-state index is 12.1. The van der Waals surface area contributed by atoms with Crippen LogP contribution in [-0.4, -0.2) is 43.5 Å². The third kappa shape index (κ3) is 3.65. The van der Waals surface area contributed by atoms with E-state index in [4.69, 9.17) is 0 Å². The molecule has 2 aromatic rings. The summed E-state index contributed by atoms with van der Waals surface area (Å²) in [5.41, 5.74) is 0.979. The van der Waals surface area contributed by atoms with Gasteiger partial charge in [-0.05, 0) is 13.8 Å². The second-order valence-corrected chi connectivity index (χ2v) is 5.32. The van der Waals surface area contributed by atoms with E-state index in [0.29, 0.717) is 11.4 Å². The summed E-state index contributed by atoms with van der Waals surface area (Å²) in [4.78, 5) is 34.3. The Morgan fingerprint density at radius 1 is 1.40 bits per heavy atom. The Kier molecular flexibility index (Phi) is 5.15. The van der Waals surface area contributed by atoms with E-state index >= 15 is 0 Å². The molecule has 2 heterocycles. The number of rotatable bonds is 6. The number of methoxy groups -OCH3 is 1. The summed E-state index contributed by atoms with van der Waals surface area (Å²) in [5, 5.41) is 21.6. The highest BCUT2D eigenvalue weighted by Crippen LogP contribution is 2.22. The lowest BCUT2D eigenvalue weighted by atomic mass is 10.3. The molecule has 0 saturated carbocycles. The van der Waals surface area contributed by atoms with Crippen molar-refractivity contribution in [2.45, 2.75) is 26.8 Å². The average Bonchev–Trinajstić information content (AvgIpc) is 3.04. The molecule has 0 fully saturated rings. The first-order valence-electron chi connectivity index (χ1n) is 7.34. The van der Waals surface area contributed by atoms with Gasteiger partial charge in [-0.3, -0.25) is 24.3 Å². The van der Waals surface area contributed by atoms with Gasteiger partial charge in [-0.25, -0.2) is 4.79 Å². The van der Waals surface area contributed by atoms with E-state index in [-0.39, 0.29) is 35.9 Å². The van der Waals surface area contributed by atoms with Crippen LogP contribution in [0.2, 0.25) is 0 Å². The lowest BCUT2D eigenvalue weighted by Gasteiger charge is -2.07. The van der Waals surface area contributed by atoms with Gasteiger partial charge in [0.25, 0.3) is 0 Å². The molecule has 0 atom stereocenters. The van der Waals surface area contributed by atoms with Crippen LogP contribution >= 0.6 is 0 Å². The number of carbonyl (C=O) groups excluding carboxylic acids is 2. The number of aromatic nitrogens is 4. The minimum atomic E-state index is -0.621. The Labute approximate surface area is 142 Å². The maximum atomic E-state index is 12.1. The van der Waals surface area contributed by atoms with Crippen LogP contribution < -0.4 is 5.32 Å². The van der Waals surface area contributed by atoms with Gasteiger partial charge in [0.05, 0.1) is 30.5 Å². The predicted molar refractivity (Wildman–Crippen MR) is 86.1 cm³/mol. The zero-order valence-corrected chi connectivity index (χ0v) is 14.3. The largest absolute Gasteiger partial charge is 0.464 e. The van der Waals surface area contributed by atoms with Crippen molar-refractivity contribution < 1.29 is 19.2 Å². The molecule has 0 aliphatic carbocycles. The molecule has 0 aliphatic heterocycles. The number of esters is 1. The lowest BCUT2D eigenvalue weighted by molar-refractivity contribution is -0.386. The van der Waals surface area contributed by atoms with Gasteiger partial charge in [-0.15, -0.1) is 0 Å². The van der Waals surface area contributed by atoms with E-state index in [2.05, 4.69) is 20.3 Å². The average molecular weight is 350 g/mol. The molecule has 11 nitrogen and oxygen atoms in total. The summed E-state index contributed by atoms with van der Waals surface area (Å²) in [7, 11) is 2.79. The number of hydrogen-bond donors (Lipinski definition) is 1. The zero-order chi connectivity index (χ0) is 18.7. The number of nitrogens with zero attached hydrogens (tertiary/aromatic N) is 5. The number of aryl methyl sites for hydroxylation is 3. The molecule has 2 rings (SSSR count). The van der Waals surface area contributed by atoms with Crippen LogP contribution in [0.25, 0.3) is 0 Å². The SMILES string of the molecule is COC(=O)c1c(NC(=O)CCn2nc(C)c([N+](=O)[O-])c2C)cnn1C. The molecule has 0 radical (unpaired) electrons. The van der Waals surface area contributed by atoms with Crippen LogP contribution in [0, 0.1) is 24.0 Å². The highest BCUT2D eigenvalue weighted by molar-refractivity contribution is 5.99. The molecule has 0 unspecified atom stereocenters. The van der Waals surface area contributed by atoms with Crippen LogP contribution in [0.5, 0.6) is 0 Å². The fraction of sp³-hybridized carbons (Fsp3) is 0.429. The molecule has 0 spiro atoms. The first-order chi connectivity index (χ1) is 11.8. The number of hydrogen-bond acceptors (Lipinski definition) is 7. The van der Waals surface area contributed by atoms with Gasteiger partial charge in [0.1, 0.15) is 11.4 Å². The van der Waals surface area contributed by atoms with Crippen molar-refractivity contribution in [2.75, 3.05) is 12.4 Å². The predicted octanol–water partition coefficient (Wildman–Crippen LogP) is 0.957. The van der Waals surface area contributed by atoms with Gasteiger partial charge < -0.3 is 10.1 Å². The third-order valence-corrected chi connectivity index (χ3v) is 3.67. The van der Waals surface area contributed by atoms with Crippen LogP contribution in [0.3, 0.4) is 0 Å². The van der Waals surface area contributed by atoms with E-state index < -0.39 is 10.9 Å². The monoisotopic (exact) mass is 350 g/mol. The molecule has 0 aromatic carbocycles. The van der Waals surface area contributed by atoms with Gasteiger partial charge in [0.2, 0.25) is 5.91 Å². The summed E-state index contributed by atoms with van der Waals surface area (Å²) in [6.07, 6.45) is 1.37. The quantitative estimate of drug-likeness (QED) is 0.466. The Morgan fingerprint density at radius 3 is 2.64 bits per heavy atom. The van der Waals surface area contributed by atoms with Crippen molar-refractivity contribution in [2.24, 2.45) is 7.05 Å². The number of amides is 1. The maximum Gasteiger partial charge on any atom is 0.358 e. The minimum absolute atomic E-state index is 0.0224. The molecule has 0 aliphatic rings. The first-order valence-corrected chi connectivity index (χ1v) is 7.34. The van der Waals surface area contributed by atoms with E-state index in [9.17, 15) is 19.7 Å². The van der Waals surface area contributed by atoms with Gasteiger partial charge in [-0.2, -0.15) is 10.2 Å². The van der Waals surface area contributed by atoms with Crippen molar-refractivity contribution in [1.29, 1.82) is 0 Å². The number of nitrogens with one attached hydrogen (secondary N) is 1. The molecule has 2 aromatic heterocycles. The van der Waals surface area contributed by atoms with E-state index in [0.717, 1.165) is 0 Å². The van der Waals surface area contributed by atoms with Crippen LogP contribution in [0.1, 0.15) is 28.3 Å². The lowest BCUT2D eigenvalue weighted by Crippen LogP contribution is -2.18. The first kappa shape index (κ1) is 18.1. The van der Waals surface area contributed by atoms with Crippen molar-refractivity contribution in [3.8, 4) is 0 Å². The van der Waals surface area contributed by atoms with E-state index in [1.807, 2.05) is 0 Å². The molecule has 1 amide bonds. The van der Waals surface area contributed by atoms with Crippen molar-refractivity contribution in [3.05, 3.63) is 33.4 Å². The van der Waals surface area contributed by atoms with Crippen LogP contribution in [-0.2, 0) is 23.1 Å². The molecule has 1 N–H and O–H groups in total. The van der Waals surface area contributed by atoms with Crippen molar-refractivity contribution in [1.82, 2.24) is 19.6 Å². The van der Waals surface area contributed by atoms with Crippen LogP contribution in [0.4, 0.5) is 11.4 Å². The molecule has 0 saturated heterocycles.